The largest absolute Gasteiger partial charge is 0.423 e. The van der Waals surface area contributed by atoms with E-state index in [1.54, 1.807) is 5.10 Å². The van der Waals surface area contributed by atoms with Crippen LogP contribution in [-0.4, -0.2) is 29.5 Å². The fraction of sp³-hybridized carbons (Fsp3) is 0.667. The van der Waals surface area contributed by atoms with Crippen LogP contribution in [0.5, 0.6) is 0 Å². The van der Waals surface area contributed by atoms with Crippen LogP contribution in [-0.2, 0) is 10.9 Å². The predicted molar refractivity (Wildman–Crippen MR) is 68.7 cm³/mol. The Morgan fingerprint density at radius 2 is 2.15 bits per heavy atom. The van der Waals surface area contributed by atoms with Crippen molar-refractivity contribution in [3.63, 3.8) is 0 Å². The highest BCUT2D eigenvalue weighted by atomic mass is 19.4. The van der Waals surface area contributed by atoms with Crippen molar-refractivity contribution in [1.82, 2.24) is 10.2 Å². The van der Waals surface area contributed by atoms with E-state index in [0.717, 1.165) is 12.6 Å². The van der Waals surface area contributed by atoms with Crippen LogP contribution in [0.2, 0.25) is 0 Å². The van der Waals surface area contributed by atoms with E-state index < -0.39 is 17.3 Å². The first kappa shape index (κ1) is 16.5. The predicted octanol–water partition coefficient (Wildman–Crippen LogP) is 2.41. The number of halogens is 3. The molecule has 0 aromatic carbocycles. The summed E-state index contributed by atoms with van der Waals surface area (Å²) in [6.07, 6.45) is -2.38. The monoisotopic (exact) mass is 293 g/mol. The van der Waals surface area contributed by atoms with Gasteiger partial charge >= 0.3 is 6.18 Å². The zero-order valence-corrected chi connectivity index (χ0v) is 11.4. The van der Waals surface area contributed by atoms with Crippen molar-refractivity contribution in [3.8, 4) is 0 Å². The molecule has 0 aliphatic rings. The molecule has 0 aliphatic carbocycles. The highest BCUT2D eigenvalue weighted by Crippen LogP contribution is 2.31. The fourth-order valence-corrected chi connectivity index (χ4v) is 1.64. The lowest BCUT2D eigenvalue weighted by Gasteiger charge is -2.20. The second-order valence-electron chi connectivity index (χ2n) is 4.31. The molecule has 0 spiro atoms. The molecular formula is C12H18F3N3O2. The van der Waals surface area contributed by atoms with Crippen LogP contribution in [0.1, 0.15) is 32.3 Å². The minimum absolute atomic E-state index is 0.272. The highest BCUT2D eigenvalue weighted by molar-refractivity contribution is 5.50. The maximum absolute atomic E-state index is 12.9. The van der Waals surface area contributed by atoms with E-state index in [-0.39, 0.29) is 18.3 Å². The molecule has 2 N–H and O–H groups in total. The maximum atomic E-state index is 12.9. The maximum Gasteiger partial charge on any atom is 0.423 e. The third-order valence-electron chi connectivity index (χ3n) is 2.66. The summed E-state index contributed by atoms with van der Waals surface area (Å²) in [7, 11) is 0. The number of anilines is 1. The summed E-state index contributed by atoms with van der Waals surface area (Å²) in [5.41, 5.74) is -2.85. The zero-order chi connectivity index (χ0) is 15.2. The van der Waals surface area contributed by atoms with Crippen LogP contribution >= 0.6 is 0 Å². The molecule has 0 aliphatic heterocycles. The van der Waals surface area contributed by atoms with E-state index in [4.69, 9.17) is 4.74 Å². The number of aromatic nitrogens is 2. The third-order valence-corrected chi connectivity index (χ3v) is 2.66. The summed E-state index contributed by atoms with van der Waals surface area (Å²) in [5.74, 6) is 0. The SMILES string of the molecule is CCCOC[C@H](CC)Nc1cn[nH]c(=O)c1C(F)(F)F. The van der Waals surface area contributed by atoms with Crippen LogP contribution in [0.15, 0.2) is 11.0 Å². The Hall–Kier alpha value is -1.57. The molecule has 1 heterocycles. The standard InChI is InChI=1S/C12H18F3N3O2/c1-3-5-20-7-8(4-2)17-9-6-16-18-11(19)10(9)12(13,14)15/h6,8H,3-5,7H2,1-2H3,(H2,17,18,19)/t8-/m0/s1. The van der Waals surface area contributed by atoms with Crippen molar-refractivity contribution in [2.45, 2.75) is 38.9 Å². The average Bonchev–Trinajstić information content (AvgIpc) is 2.36. The number of hydrogen-bond donors (Lipinski definition) is 2. The number of nitrogens with zero attached hydrogens (tertiary/aromatic N) is 1. The topological polar surface area (TPSA) is 67.0 Å². The van der Waals surface area contributed by atoms with Crippen LogP contribution in [0, 0.1) is 0 Å². The molecule has 1 atom stereocenters. The van der Waals surface area contributed by atoms with E-state index in [2.05, 4.69) is 10.4 Å². The summed E-state index contributed by atoms with van der Waals surface area (Å²) >= 11 is 0. The quantitative estimate of drug-likeness (QED) is 0.758. The Morgan fingerprint density at radius 1 is 1.45 bits per heavy atom. The summed E-state index contributed by atoms with van der Waals surface area (Å²) < 4.78 is 43.9. The molecule has 0 saturated carbocycles. The van der Waals surface area contributed by atoms with Gasteiger partial charge < -0.3 is 10.1 Å². The minimum atomic E-state index is -4.73. The first-order valence-electron chi connectivity index (χ1n) is 6.39. The molecule has 1 aromatic heterocycles. The molecule has 0 radical (unpaired) electrons. The first-order valence-corrected chi connectivity index (χ1v) is 6.39. The smallest absolute Gasteiger partial charge is 0.379 e. The van der Waals surface area contributed by atoms with E-state index in [0.29, 0.717) is 13.0 Å². The van der Waals surface area contributed by atoms with Gasteiger partial charge in [0, 0.05) is 12.6 Å². The highest BCUT2D eigenvalue weighted by Gasteiger charge is 2.37. The van der Waals surface area contributed by atoms with Crippen molar-refractivity contribution in [2.24, 2.45) is 0 Å². The number of aromatic amines is 1. The fourth-order valence-electron chi connectivity index (χ4n) is 1.64. The molecule has 0 saturated heterocycles. The van der Waals surface area contributed by atoms with Gasteiger partial charge in [-0.1, -0.05) is 13.8 Å². The van der Waals surface area contributed by atoms with E-state index in [1.807, 2.05) is 13.8 Å². The summed E-state index contributed by atoms with van der Waals surface area (Å²) in [5, 5.41) is 7.87. The molecule has 114 valence electrons. The molecule has 1 rings (SSSR count). The van der Waals surface area contributed by atoms with E-state index >= 15 is 0 Å². The minimum Gasteiger partial charge on any atom is -0.379 e. The average molecular weight is 293 g/mol. The molecular weight excluding hydrogens is 275 g/mol. The van der Waals surface area contributed by atoms with Gasteiger partial charge in [0.05, 0.1) is 18.5 Å². The van der Waals surface area contributed by atoms with Gasteiger partial charge in [0.2, 0.25) is 0 Å². The van der Waals surface area contributed by atoms with Crippen molar-refractivity contribution in [1.29, 1.82) is 0 Å². The van der Waals surface area contributed by atoms with Gasteiger partial charge in [0.15, 0.2) is 0 Å². The summed E-state index contributed by atoms with van der Waals surface area (Å²) in [6, 6.07) is -0.314. The van der Waals surface area contributed by atoms with Gasteiger partial charge in [0.1, 0.15) is 5.56 Å². The van der Waals surface area contributed by atoms with Crippen LogP contribution in [0.25, 0.3) is 0 Å². The molecule has 1 aromatic rings. The number of ether oxygens (including phenoxy) is 1. The number of nitrogens with one attached hydrogen (secondary N) is 2. The van der Waals surface area contributed by atoms with Gasteiger partial charge in [-0.15, -0.1) is 0 Å². The van der Waals surface area contributed by atoms with Crippen molar-refractivity contribution >= 4 is 5.69 Å². The number of H-pyrrole nitrogens is 1. The van der Waals surface area contributed by atoms with Gasteiger partial charge in [0.25, 0.3) is 5.56 Å². The van der Waals surface area contributed by atoms with E-state index in [9.17, 15) is 18.0 Å². The van der Waals surface area contributed by atoms with Crippen molar-refractivity contribution in [3.05, 3.63) is 22.1 Å². The summed E-state index contributed by atoms with van der Waals surface area (Å²) in [6.45, 7) is 4.57. The van der Waals surface area contributed by atoms with E-state index in [1.165, 1.54) is 0 Å². The summed E-state index contributed by atoms with van der Waals surface area (Å²) in [4.78, 5) is 11.3. The number of rotatable bonds is 7. The molecule has 8 heteroatoms. The number of hydrogen-bond acceptors (Lipinski definition) is 4. The van der Waals surface area contributed by atoms with Crippen molar-refractivity contribution < 1.29 is 17.9 Å². The lowest BCUT2D eigenvalue weighted by atomic mass is 10.2. The molecule has 5 nitrogen and oxygen atoms in total. The van der Waals surface area contributed by atoms with Crippen LogP contribution in [0.4, 0.5) is 18.9 Å². The van der Waals surface area contributed by atoms with Crippen LogP contribution < -0.4 is 10.9 Å². The molecule has 20 heavy (non-hydrogen) atoms. The zero-order valence-electron chi connectivity index (χ0n) is 11.4. The van der Waals surface area contributed by atoms with Crippen LogP contribution in [0.3, 0.4) is 0 Å². The molecule has 0 unspecified atom stereocenters. The van der Waals surface area contributed by atoms with Gasteiger partial charge in [-0.2, -0.15) is 18.3 Å². The van der Waals surface area contributed by atoms with Gasteiger partial charge in [-0.05, 0) is 12.8 Å². The van der Waals surface area contributed by atoms with Gasteiger partial charge in [-0.25, -0.2) is 5.10 Å². The van der Waals surface area contributed by atoms with Crippen molar-refractivity contribution in [2.75, 3.05) is 18.5 Å². The number of alkyl halides is 3. The normalized spacial score (nSPS) is 13.2. The van der Waals surface area contributed by atoms with Gasteiger partial charge in [-0.3, -0.25) is 4.79 Å². The molecule has 0 fully saturated rings. The third kappa shape index (κ3) is 4.52. The lowest BCUT2D eigenvalue weighted by Crippen LogP contribution is -2.30. The first-order chi connectivity index (χ1) is 9.40. The Morgan fingerprint density at radius 3 is 2.70 bits per heavy atom. The Labute approximate surface area is 114 Å². The molecule has 0 bridgehead atoms. The molecule has 0 amide bonds. The second-order valence-corrected chi connectivity index (χ2v) is 4.31. The Balaban J connectivity index is 2.91. The Bertz CT molecular complexity index is 474. The second kappa shape index (κ2) is 7.28. The lowest BCUT2D eigenvalue weighted by molar-refractivity contribution is -0.138. The Kier molecular flexibility index (Phi) is 6.00.